The molecule has 0 aliphatic heterocycles. The highest BCUT2D eigenvalue weighted by atomic mass is 79.9. The van der Waals surface area contributed by atoms with Gasteiger partial charge in [0.15, 0.2) is 0 Å². The monoisotopic (exact) mass is 398 g/mol. The Bertz CT molecular complexity index is 609. The highest BCUT2D eigenvalue weighted by Crippen LogP contribution is 2.34. The number of benzene rings is 2. The minimum Gasteiger partial charge on any atom is -0.496 e. The number of hydrogen-bond acceptors (Lipinski definition) is 2. The summed E-state index contributed by atoms with van der Waals surface area (Å²) >= 11 is 6.95. The molecule has 0 saturated carbocycles. The molecule has 20 heavy (non-hydrogen) atoms. The Morgan fingerprint density at radius 3 is 2.50 bits per heavy atom. The van der Waals surface area contributed by atoms with E-state index >= 15 is 0 Å². The second-order valence-electron chi connectivity index (χ2n) is 4.89. The molecule has 106 valence electrons. The van der Waals surface area contributed by atoms with Crippen molar-refractivity contribution < 1.29 is 9.84 Å². The summed E-state index contributed by atoms with van der Waals surface area (Å²) in [6, 6.07) is 13.5. The molecule has 0 bridgehead atoms. The van der Waals surface area contributed by atoms with E-state index in [0.717, 1.165) is 25.8 Å². The Labute approximate surface area is 136 Å². The highest BCUT2D eigenvalue weighted by molar-refractivity contribution is 9.10. The Balaban J connectivity index is 2.38. The van der Waals surface area contributed by atoms with Gasteiger partial charge in [-0.15, -0.1) is 0 Å². The van der Waals surface area contributed by atoms with E-state index in [1.807, 2.05) is 49.4 Å². The number of methoxy groups -OCH3 is 1. The summed E-state index contributed by atoms with van der Waals surface area (Å²) < 4.78 is 7.24. The van der Waals surface area contributed by atoms with Crippen LogP contribution in [0.5, 0.6) is 5.75 Å². The summed E-state index contributed by atoms with van der Waals surface area (Å²) in [5.74, 6) is 0.778. The lowest BCUT2D eigenvalue weighted by atomic mass is 9.89. The molecular weight excluding hydrogens is 384 g/mol. The largest absolute Gasteiger partial charge is 0.496 e. The van der Waals surface area contributed by atoms with Gasteiger partial charge < -0.3 is 9.84 Å². The molecule has 0 saturated heterocycles. The summed E-state index contributed by atoms with van der Waals surface area (Å²) in [4.78, 5) is 0. The van der Waals surface area contributed by atoms with Crippen molar-refractivity contribution in [1.82, 2.24) is 0 Å². The number of halogens is 2. The van der Waals surface area contributed by atoms with Crippen molar-refractivity contribution in [3.05, 3.63) is 62.5 Å². The van der Waals surface area contributed by atoms with Crippen molar-refractivity contribution in [3.63, 3.8) is 0 Å². The van der Waals surface area contributed by atoms with E-state index in [0.29, 0.717) is 6.42 Å². The quantitative estimate of drug-likeness (QED) is 0.809. The molecule has 1 unspecified atom stereocenters. The van der Waals surface area contributed by atoms with E-state index < -0.39 is 5.60 Å². The van der Waals surface area contributed by atoms with Gasteiger partial charge in [0.1, 0.15) is 5.75 Å². The van der Waals surface area contributed by atoms with Crippen LogP contribution in [-0.2, 0) is 12.0 Å². The first-order valence-electron chi connectivity index (χ1n) is 6.24. The van der Waals surface area contributed by atoms with Crippen LogP contribution in [0.15, 0.2) is 51.4 Å². The summed E-state index contributed by atoms with van der Waals surface area (Å²) in [5.41, 5.74) is 0.846. The number of ether oxygens (including phenoxy) is 1. The van der Waals surface area contributed by atoms with Crippen molar-refractivity contribution in [2.45, 2.75) is 18.9 Å². The molecule has 1 N–H and O–H groups in total. The minimum absolute atomic E-state index is 0.470. The molecule has 0 amide bonds. The highest BCUT2D eigenvalue weighted by Gasteiger charge is 2.27. The maximum absolute atomic E-state index is 10.8. The molecule has 0 spiro atoms. The van der Waals surface area contributed by atoms with Gasteiger partial charge in [-0.2, -0.15) is 0 Å². The van der Waals surface area contributed by atoms with Crippen molar-refractivity contribution in [2.24, 2.45) is 0 Å². The molecule has 4 heteroatoms. The van der Waals surface area contributed by atoms with Gasteiger partial charge in [0, 0.05) is 15.4 Å². The second kappa shape index (κ2) is 6.29. The molecule has 2 aromatic carbocycles. The lowest BCUT2D eigenvalue weighted by Crippen LogP contribution is -2.25. The zero-order chi connectivity index (χ0) is 14.8. The molecule has 0 heterocycles. The first-order valence-corrected chi connectivity index (χ1v) is 7.82. The fourth-order valence-electron chi connectivity index (χ4n) is 2.25. The van der Waals surface area contributed by atoms with Crippen molar-refractivity contribution in [1.29, 1.82) is 0 Å². The summed E-state index contributed by atoms with van der Waals surface area (Å²) in [6.07, 6.45) is 0.470. The molecule has 2 aromatic rings. The average Bonchev–Trinajstić information content (AvgIpc) is 2.39. The predicted molar refractivity (Wildman–Crippen MR) is 88.1 cm³/mol. The van der Waals surface area contributed by atoms with Gasteiger partial charge >= 0.3 is 0 Å². The van der Waals surface area contributed by atoms with E-state index in [2.05, 4.69) is 31.9 Å². The second-order valence-corrected chi connectivity index (χ2v) is 6.66. The van der Waals surface area contributed by atoms with Crippen LogP contribution in [0.25, 0.3) is 0 Å². The van der Waals surface area contributed by atoms with E-state index in [4.69, 9.17) is 4.74 Å². The van der Waals surface area contributed by atoms with Gasteiger partial charge in [-0.1, -0.05) is 50.1 Å². The van der Waals surface area contributed by atoms with Crippen molar-refractivity contribution >= 4 is 31.9 Å². The van der Waals surface area contributed by atoms with Crippen molar-refractivity contribution in [2.75, 3.05) is 7.11 Å². The number of aliphatic hydroxyl groups is 1. The molecule has 2 rings (SSSR count). The third-order valence-corrected chi connectivity index (χ3v) is 4.42. The smallest absolute Gasteiger partial charge is 0.122 e. The van der Waals surface area contributed by atoms with Gasteiger partial charge in [0.05, 0.1) is 12.7 Å². The third-order valence-electron chi connectivity index (χ3n) is 3.23. The number of hydrogen-bond donors (Lipinski definition) is 1. The van der Waals surface area contributed by atoms with E-state index in [-0.39, 0.29) is 0 Å². The summed E-state index contributed by atoms with van der Waals surface area (Å²) in [6.45, 7) is 1.81. The Hall–Kier alpha value is -0.840. The topological polar surface area (TPSA) is 29.5 Å². The third kappa shape index (κ3) is 3.43. The van der Waals surface area contributed by atoms with Crippen LogP contribution >= 0.6 is 31.9 Å². The molecule has 0 aliphatic rings. The first kappa shape index (κ1) is 15.5. The lowest BCUT2D eigenvalue weighted by Gasteiger charge is -2.26. The van der Waals surface area contributed by atoms with Crippen LogP contribution in [0.4, 0.5) is 0 Å². The van der Waals surface area contributed by atoms with Crippen LogP contribution < -0.4 is 4.74 Å². The Morgan fingerprint density at radius 2 is 1.85 bits per heavy atom. The molecule has 2 nitrogen and oxygen atoms in total. The SMILES string of the molecule is COc1ccc(Br)cc1CC(C)(O)c1ccccc1Br. The minimum atomic E-state index is -0.978. The Kier molecular flexibility index (Phi) is 4.89. The van der Waals surface area contributed by atoms with Crippen LogP contribution in [0.1, 0.15) is 18.1 Å². The van der Waals surface area contributed by atoms with Gasteiger partial charge in [0.2, 0.25) is 0 Å². The molecular formula is C16H16Br2O2. The zero-order valence-electron chi connectivity index (χ0n) is 11.4. The van der Waals surface area contributed by atoms with E-state index in [1.165, 1.54) is 0 Å². The lowest BCUT2D eigenvalue weighted by molar-refractivity contribution is 0.0562. The molecule has 0 fully saturated rings. The molecule has 1 atom stereocenters. The van der Waals surface area contributed by atoms with Gasteiger partial charge in [-0.3, -0.25) is 0 Å². The molecule has 0 radical (unpaired) electrons. The fourth-order valence-corrected chi connectivity index (χ4v) is 3.37. The standard InChI is InChI=1S/C16H16Br2O2/c1-16(19,13-5-3-4-6-14(13)18)10-11-9-12(17)7-8-15(11)20-2/h3-9,19H,10H2,1-2H3. The van der Waals surface area contributed by atoms with Gasteiger partial charge in [-0.25, -0.2) is 0 Å². The van der Waals surface area contributed by atoms with E-state index in [9.17, 15) is 5.11 Å². The Morgan fingerprint density at radius 1 is 1.15 bits per heavy atom. The van der Waals surface area contributed by atoms with Crippen LogP contribution in [0.3, 0.4) is 0 Å². The normalized spacial score (nSPS) is 13.8. The first-order chi connectivity index (χ1) is 9.44. The van der Waals surface area contributed by atoms with Crippen LogP contribution in [0, 0.1) is 0 Å². The van der Waals surface area contributed by atoms with Crippen LogP contribution in [-0.4, -0.2) is 12.2 Å². The molecule has 0 aromatic heterocycles. The summed E-state index contributed by atoms with van der Waals surface area (Å²) in [5, 5.41) is 10.8. The average molecular weight is 400 g/mol. The molecule has 0 aliphatic carbocycles. The van der Waals surface area contributed by atoms with Crippen LogP contribution in [0.2, 0.25) is 0 Å². The van der Waals surface area contributed by atoms with Gasteiger partial charge in [0.25, 0.3) is 0 Å². The predicted octanol–water partition coefficient (Wildman–Crippen LogP) is 4.67. The summed E-state index contributed by atoms with van der Waals surface area (Å²) in [7, 11) is 1.64. The maximum atomic E-state index is 10.8. The van der Waals surface area contributed by atoms with E-state index in [1.54, 1.807) is 7.11 Å². The zero-order valence-corrected chi connectivity index (χ0v) is 14.5. The maximum Gasteiger partial charge on any atom is 0.122 e. The fraction of sp³-hybridized carbons (Fsp3) is 0.250. The number of rotatable bonds is 4. The van der Waals surface area contributed by atoms with Gasteiger partial charge in [-0.05, 0) is 42.3 Å². The van der Waals surface area contributed by atoms with Crippen molar-refractivity contribution in [3.8, 4) is 5.75 Å².